The Morgan fingerprint density at radius 1 is 1.28 bits per heavy atom. The number of rotatable bonds is 3. The number of carbonyl (C=O) groups excluding carboxylic acids is 1. The van der Waals surface area contributed by atoms with E-state index in [0.29, 0.717) is 35.6 Å². The number of benzene rings is 1. The highest BCUT2D eigenvalue weighted by molar-refractivity contribution is 5.94. The standard InChI is InChI=1S/C23H23FN6O2/c1-14-8-17(10-25)20(24)9-18(14)19-12-27-30(23(19)32)21-5-4-16(11-26-21)22(31)29-7-6-28(3)15(2)13-29/h4-5,8-9,11-12,15,27H,6-7,13H2,1-3H3/t15-/m0/s1. The maximum Gasteiger partial charge on any atom is 0.280 e. The number of aromatic nitrogens is 3. The van der Waals surface area contributed by atoms with Gasteiger partial charge in [-0.15, -0.1) is 0 Å². The van der Waals surface area contributed by atoms with E-state index in [2.05, 4.69) is 21.9 Å². The second-order valence-corrected chi connectivity index (χ2v) is 8.07. The lowest BCUT2D eigenvalue weighted by Gasteiger charge is -2.37. The molecule has 1 fully saturated rings. The molecule has 8 nitrogen and oxygen atoms in total. The van der Waals surface area contributed by atoms with E-state index in [1.165, 1.54) is 29.2 Å². The van der Waals surface area contributed by atoms with E-state index >= 15 is 0 Å². The summed E-state index contributed by atoms with van der Waals surface area (Å²) in [5.74, 6) is -0.456. The number of likely N-dealkylation sites (N-methyl/N-ethyl adjacent to an activating group) is 1. The molecular weight excluding hydrogens is 411 g/mol. The van der Waals surface area contributed by atoms with Crippen molar-refractivity contribution in [3.8, 4) is 23.0 Å². The Balaban J connectivity index is 1.59. The molecule has 0 spiro atoms. The van der Waals surface area contributed by atoms with Crippen molar-refractivity contribution >= 4 is 5.91 Å². The van der Waals surface area contributed by atoms with Crippen LogP contribution in [0.3, 0.4) is 0 Å². The minimum atomic E-state index is -0.681. The molecule has 2 aromatic heterocycles. The molecule has 0 aliphatic carbocycles. The Hall–Kier alpha value is -3.77. The van der Waals surface area contributed by atoms with Crippen molar-refractivity contribution in [2.24, 2.45) is 0 Å². The molecule has 164 valence electrons. The third-order valence-electron chi connectivity index (χ3n) is 5.97. The molecule has 0 radical (unpaired) electrons. The number of pyridine rings is 1. The highest BCUT2D eigenvalue weighted by Gasteiger charge is 2.25. The van der Waals surface area contributed by atoms with Crippen LogP contribution >= 0.6 is 0 Å². The van der Waals surface area contributed by atoms with Crippen molar-refractivity contribution in [2.45, 2.75) is 19.9 Å². The molecule has 4 rings (SSSR count). The first-order valence-corrected chi connectivity index (χ1v) is 10.3. The predicted molar refractivity (Wildman–Crippen MR) is 117 cm³/mol. The highest BCUT2D eigenvalue weighted by atomic mass is 19.1. The van der Waals surface area contributed by atoms with E-state index in [9.17, 15) is 14.0 Å². The lowest BCUT2D eigenvalue weighted by molar-refractivity contribution is 0.0572. The number of hydrogen-bond acceptors (Lipinski definition) is 5. The summed E-state index contributed by atoms with van der Waals surface area (Å²) in [6, 6.07) is 7.93. The van der Waals surface area contributed by atoms with Crippen LogP contribution < -0.4 is 5.56 Å². The number of nitrogens with one attached hydrogen (secondary N) is 1. The second-order valence-electron chi connectivity index (χ2n) is 8.07. The molecular formula is C23H23FN6O2. The van der Waals surface area contributed by atoms with E-state index in [1.54, 1.807) is 25.1 Å². The van der Waals surface area contributed by atoms with E-state index in [4.69, 9.17) is 5.26 Å². The number of aromatic amines is 1. The van der Waals surface area contributed by atoms with Crippen molar-refractivity contribution in [2.75, 3.05) is 26.7 Å². The Bertz CT molecular complexity index is 1270. The number of amides is 1. The molecule has 1 aromatic carbocycles. The third kappa shape index (κ3) is 3.81. The van der Waals surface area contributed by atoms with Crippen LogP contribution in [0.15, 0.2) is 41.5 Å². The van der Waals surface area contributed by atoms with Gasteiger partial charge in [0, 0.05) is 38.1 Å². The Kier molecular flexibility index (Phi) is 5.63. The molecule has 1 saturated heterocycles. The number of aryl methyl sites for hydroxylation is 1. The Morgan fingerprint density at radius 3 is 2.72 bits per heavy atom. The lowest BCUT2D eigenvalue weighted by Crippen LogP contribution is -2.52. The van der Waals surface area contributed by atoms with Gasteiger partial charge in [-0.25, -0.2) is 14.1 Å². The quantitative estimate of drug-likeness (QED) is 0.682. The van der Waals surface area contributed by atoms with Gasteiger partial charge in [0.05, 0.1) is 16.7 Å². The minimum Gasteiger partial charge on any atom is -0.336 e. The summed E-state index contributed by atoms with van der Waals surface area (Å²) >= 11 is 0. The third-order valence-corrected chi connectivity index (χ3v) is 5.97. The number of carbonyl (C=O) groups is 1. The fraction of sp³-hybridized carbons (Fsp3) is 0.304. The molecule has 1 aliphatic rings. The Labute approximate surface area is 184 Å². The zero-order chi connectivity index (χ0) is 23.0. The number of nitriles is 1. The van der Waals surface area contributed by atoms with Crippen LogP contribution in [0, 0.1) is 24.1 Å². The number of hydrogen-bond donors (Lipinski definition) is 1. The summed E-state index contributed by atoms with van der Waals surface area (Å²) in [5, 5.41) is 11.8. The summed E-state index contributed by atoms with van der Waals surface area (Å²) in [4.78, 5) is 34.1. The van der Waals surface area contributed by atoms with Crippen LogP contribution in [0.2, 0.25) is 0 Å². The first-order chi connectivity index (χ1) is 15.3. The second kappa shape index (κ2) is 8.40. The summed E-state index contributed by atoms with van der Waals surface area (Å²) in [7, 11) is 2.04. The van der Waals surface area contributed by atoms with Gasteiger partial charge in [-0.05, 0) is 56.3 Å². The van der Waals surface area contributed by atoms with E-state index in [1.807, 2.05) is 11.9 Å². The van der Waals surface area contributed by atoms with Gasteiger partial charge in [0.2, 0.25) is 0 Å². The average molecular weight is 434 g/mol. The zero-order valence-electron chi connectivity index (χ0n) is 18.1. The van der Waals surface area contributed by atoms with Crippen molar-refractivity contribution in [3.05, 3.63) is 69.5 Å². The topological polar surface area (TPSA) is 98.0 Å². The van der Waals surface area contributed by atoms with Gasteiger partial charge >= 0.3 is 0 Å². The predicted octanol–water partition coefficient (Wildman–Crippen LogP) is 2.32. The van der Waals surface area contributed by atoms with Crippen molar-refractivity contribution in [1.82, 2.24) is 24.6 Å². The zero-order valence-corrected chi connectivity index (χ0v) is 18.1. The molecule has 3 heterocycles. The molecule has 0 bridgehead atoms. The summed E-state index contributed by atoms with van der Waals surface area (Å²) in [6.45, 7) is 5.91. The van der Waals surface area contributed by atoms with Gasteiger partial charge < -0.3 is 9.80 Å². The van der Waals surface area contributed by atoms with Gasteiger partial charge in [0.1, 0.15) is 11.9 Å². The Morgan fingerprint density at radius 2 is 2.06 bits per heavy atom. The summed E-state index contributed by atoms with van der Waals surface area (Å²) < 4.78 is 15.3. The first-order valence-electron chi connectivity index (χ1n) is 10.3. The van der Waals surface area contributed by atoms with Crippen LogP contribution in [0.1, 0.15) is 28.4 Å². The molecule has 1 N–H and O–H groups in total. The maximum absolute atomic E-state index is 14.1. The summed E-state index contributed by atoms with van der Waals surface area (Å²) in [5.41, 5.74) is 1.25. The fourth-order valence-electron chi connectivity index (χ4n) is 3.85. The van der Waals surface area contributed by atoms with Gasteiger partial charge in [-0.1, -0.05) is 0 Å². The molecule has 1 amide bonds. The number of piperazine rings is 1. The molecule has 1 atom stereocenters. The van der Waals surface area contributed by atoms with Crippen LogP contribution in [-0.4, -0.2) is 63.2 Å². The number of nitrogens with zero attached hydrogens (tertiary/aromatic N) is 5. The normalized spacial score (nSPS) is 16.7. The van der Waals surface area contributed by atoms with Crippen molar-refractivity contribution < 1.29 is 9.18 Å². The highest BCUT2D eigenvalue weighted by Crippen LogP contribution is 2.24. The molecule has 9 heteroatoms. The monoisotopic (exact) mass is 434 g/mol. The fourth-order valence-corrected chi connectivity index (χ4v) is 3.85. The van der Waals surface area contributed by atoms with Crippen LogP contribution in [0.5, 0.6) is 0 Å². The van der Waals surface area contributed by atoms with Gasteiger partial charge in [0.15, 0.2) is 5.82 Å². The SMILES string of the molecule is Cc1cc(C#N)c(F)cc1-c1c[nH]n(-c2ccc(C(=O)N3CCN(C)[C@@H](C)C3)cn2)c1=O. The minimum absolute atomic E-state index is 0.0706. The number of halogens is 1. The first kappa shape index (κ1) is 21.5. The van der Waals surface area contributed by atoms with Crippen LogP contribution in [-0.2, 0) is 0 Å². The molecule has 0 unspecified atom stereocenters. The lowest BCUT2D eigenvalue weighted by atomic mass is 10.0. The van der Waals surface area contributed by atoms with Gasteiger partial charge in [0.25, 0.3) is 11.5 Å². The maximum atomic E-state index is 14.1. The van der Waals surface area contributed by atoms with Crippen molar-refractivity contribution in [3.63, 3.8) is 0 Å². The van der Waals surface area contributed by atoms with Crippen molar-refractivity contribution in [1.29, 1.82) is 5.26 Å². The average Bonchev–Trinajstić information content (AvgIpc) is 3.17. The molecule has 3 aromatic rings. The van der Waals surface area contributed by atoms with Gasteiger partial charge in [-0.3, -0.25) is 14.7 Å². The van der Waals surface area contributed by atoms with E-state index < -0.39 is 11.4 Å². The van der Waals surface area contributed by atoms with E-state index in [-0.39, 0.29) is 23.1 Å². The largest absolute Gasteiger partial charge is 0.336 e. The smallest absolute Gasteiger partial charge is 0.280 e. The molecule has 1 aliphatic heterocycles. The van der Waals surface area contributed by atoms with Crippen LogP contribution in [0.4, 0.5) is 4.39 Å². The van der Waals surface area contributed by atoms with Crippen LogP contribution in [0.25, 0.3) is 16.9 Å². The number of H-pyrrole nitrogens is 1. The molecule has 32 heavy (non-hydrogen) atoms. The van der Waals surface area contributed by atoms with E-state index in [0.717, 1.165) is 6.54 Å². The molecule has 0 saturated carbocycles. The summed E-state index contributed by atoms with van der Waals surface area (Å²) in [6.07, 6.45) is 2.93. The van der Waals surface area contributed by atoms with Gasteiger partial charge in [-0.2, -0.15) is 5.26 Å².